The van der Waals surface area contributed by atoms with Crippen molar-refractivity contribution in [1.82, 2.24) is 9.55 Å². The zero-order valence-corrected chi connectivity index (χ0v) is 35.2. The minimum absolute atomic E-state index is 0.000962. The first-order valence-electron chi connectivity index (χ1n) is 21.1. The lowest BCUT2D eigenvalue weighted by atomic mass is 9.73. The van der Waals surface area contributed by atoms with E-state index < -0.39 is 0 Å². The van der Waals surface area contributed by atoms with Gasteiger partial charge in [0.15, 0.2) is 0 Å². The Morgan fingerprint density at radius 1 is 0.508 bits per heavy atom. The highest BCUT2D eigenvalue weighted by molar-refractivity contribution is 6.09. The number of hydrogen-bond acceptors (Lipinski definition) is 5. The van der Waals surface area contributed by atoms with Crippen molar-refractivity contribution in [2.24, 2.45) is 0 Å². The van der Waals surface area contributed by atoms with E-state index in [0.29, 0.717) is 6.67 Å². The summed E-state index contributed by atoms with van der Waals surface area (Å²) in [6, 6.07) is 63.0. The second-order valence-corrected chi connectivity index (χ2v) is 17.8. The molecule has 0 spiro atoms. The van der Waals surface area contributed by atoms with Crippen LogP contribution in [0, 0.1) is 0 Å². The maximum atomic E-state index is 6.71. The lowest BCUT2D eigenvalue weighted by Gasteiger charge is -2.42. The van der Waals surface area contributed by atoms with Crippen molar-refractivity contribution in [1.29, 1.82) is 0 Å². The summed E-state index contributed by atoms with van der Waals surface area (Å²) in [7, 11) is 0. The first kappa shape index (κ1) is 36.7. The number of ether oxygens (including phenoxy) is 1. The number of para-hydroxylation sites is 5. The summed E-state index contributed by atoms with van der Waals surface area (Å²) < 4.78 is 8.97. The third kappa shape index (κ3) is 6.04. The molecule has 0 saturated carbocycles. The summed E-state index contributed by atoms with van der Waals surface area (Å²) in [5.41, 5.74) is 14.1. The minimum Gasteiger partial charge on any atom is -0.457 e. The van der Waals surface area contributed by atoms with Crippen molar-refractivity contribution in [3.05, 3.63) is 199 Å². The molecule has 6 nitrogen and oxygen atoms in total. The van der Waals surface area contributed by atoms with Gasteiger partial charge in [-0.2, -0.15) is 0 Å². The lowest BCUT2D eigenvalue weighted by Crippen LogP contribution is -2.30. The van der Waals surface area contributed by atoms with Crippen LogP contribution in [-0.4, -0.2) is 16.2 Å². The molecule has 0 radical (unpaired) electrons. The summed E-state index contributed by atoms with van der Waals surface area (Å²) in [5, 5.41) is 2.35. The average molecular weight is 794 g/mol. The first-order valence-corrected chi connectivity index (χ1v) is 21.1. The van der Waals surface area contributed by atoms with Gasteiger partial charge in [0.25, 0.3) is 0 Å². The molecule has 4 heterocycles. The van der Waals surface area contributed by atoms with E-state index in [4.69, 9.17) is 9.72 Å². The number of anilines is 7. The first-order chi connectivity index (χ1) is 29.6. The summed E-state index contributed by atoms with van der Waals surface area (Å²) in [5.74, 6) is 2.44. The predicted molar refractivity (Wildman–Crippen MR) is 253 cm³/mol. The van der Waals surface area contributed by atoms with Gasteiger partial charge in [0.2, 0.25) is 0 Å². The molecule has 9 aromatic rings. The fraction of sp³-hybridized carbons (Fsp3) is 0.145. The van der Waals surface area contributed by atoms with Crippen LogP contribution < -0.4 is 19.4 Å². The Hall–Kier alpha value is -7.31. The van der Waals surface area contributed by atoms with Gasteiger partial charge in [-0.15, -0.1) is 0 Å². The molecule has 0 aliphatic carbocycles. The van der Waals surface area contributed by atoms with Gasteiger partial charge < -0.3 is 19.4 Å². The molecular weight excluding hydrogens is 747 g/mol. The van der Waals surface area contributed by atoms with Gasteiger partial charge in [-0.25, -0.2) is 4.98 Å². The summed E-state index contributed by atoms with van der Waals surface area (Å²) in [6.07, 6.45) is 1.92. The topological polar surface area (TPSA) is 36.8 Å². The molecular formula is C55H47N5O. The van der Waals surface area contributed by atoms with Crippen molar-refractivity contribution < 1.29 is 4.74 Å². The molecule has 0 unspecified atom stereocenters. The van der Waals surface area contributed by atoms with E-state index in [0.717, 1.165) is 56.5 Å². The zero-order valence-electron chi connectivity index (χ0n) is 35.2. The number of nitrogens with zero attached hydrogens (tertiary/aromatic N) is 5. The second kappa shape index (κ2) is 13.9. The fourth-order valence-corrected chi connectivity index (χ4v) is 9.50. The molecule has 0 atom stereocenters. The van der Waals surface area contributed by atoms with Crippen LogP contribution in [0.1, 0.15) is 51.3 Å². The normalized spacial score (nSPS) is 14.3. The van der Waals surface area contributed by atoms with Gasteiger partial charge in [0.1, 0.15) is 24.0 Å². The van der Waals surface area contributed by atoms with Gasteiger partial charge in [0.05, 0.1) is 33.8 Å². The molecule has 2 aliphatic rings. The molecule has 0 fully saturated rings. The molecule has 61 heavy (non-hydrogen) atoms. The molecule has 0 saturated heterocycles. The largest absolute Gasteiger partial charge is 0.457 e. The predicted octanol–water partition coefficient (Wildman–Crippen LogP) is 14.6. The number of aromatic nitrogens is 2. The van der Waals surface area contributed by atoms with Crippen molar-refractivity contribution in [3.8, 4) is 17.3 Å². The van der Waals surface area contributed by atoms with Gasteiger partial charge in [0, 0.05) is 51.6 Å². The van der Waals surface area contributed by atoms with Gasteiger partial charge in [-0.1, -0.05) is 107 Å². The molecule has 2 aromatic heterocycles. The van der Waals surface area contributed by atoms with Gasteiger partial charge >= 0.3 is 0 Å². The summed E-state index contributed by atoms with van der Waals surface area (Å²) >= 11 is 0. The Morgan fingerprint density at radius 2 is 1.10 bits per heavy atom. The van der Waals surface area contributed by atoms with E-state index in [1.807, 2.05) is 12.3 Å². The van der Waals surface area contributed by atoms with Crippen molar-refractivity contribution in [2.45, 2.75) is 45.4 Å². The molecule has 0 N–H and O–H groups in total. The van der Waals surface area contributed by atoms with Crippen LogP contribution in [-0.2, 0) is 10.8 Å². The van der Waals surface area contributed by atoms with Crippen LogP contribution in [0.15, 0.2) is 182 Å². The van der Waals surface area contributed by atoms with E-state index in [2.05, 4.69) is 224 Å². The van der Waals surface area contributed by atoms with E-state index in [9.17, 15) is 0 Å². The van der Waals surface area contributed by atoms with Crippen molar-refractivity contribution >= 4 is 61.6 Å². The number of hydrogen-bond donors (Lipinski definition) is 0. The minimum atomic E-state index is -0.0968. The fourth-order valence-electron chi connectivity index (χ4n) is 9.50. The summed E-state index contributed by atoms with van der Waals surface area (Å²) in [4.78, 5) is 12.0. The van der Waals surface area contributed by atoms with E-state index in [-0.39, 0.29) is 10.8 Å². The molecule has 2 aliphatic heterocycles. The van der Waals surface area contributed by atoms with E-state index >= 15 is 0 Å². The number of fused-ring (bicyclic) bond motifs is 6. The maximum absolute atomic E-state index is 6.71. The second-order valence-electron chi connectivity index (χ2n) is 17.8. The molecule has 0 amide bonds. The lowest BCUT2D eigenvalue weighted by molar-refractivity contribution is 0.483. The van der Waals surface area contributed by atoms with Crippen molar-refractivity contribution in [2.75, 3.05) is 21.4 Å². The maximum Gasteiger partial charge on any atom is 0.137 e. The highest BCUT2D eigenvalue weighted by Gasteiger charge is 2.36. The number of pyridine rings is 1. The van der Waals surface area contributed by atoms with Crippen LogP contribution in [0.2, 0.25) is 0 Å². The number of rotatable bonds is 6. The van der Waals surface area contributed by atoms with Crippen molar-refractivity contribution in [3.63, 3.8) is 0 Å². The van der Waals surface area contributed by atoms with E-state index in [1.165, 1.54) is 39.1 Å². The Labute approximate surface area is 357 Å². The Bertz CT molecular complexity index is 3090. The van der Waals surface area contributed by atoms with Crippen LogP contribution >= 0.6 is 0 Å². The third-order valence-electron chi connectivity index (χ3n) is 12.7. The third-order valence-corrected chi connectivity index (χ3v) is 12.7. The van der Waals surface area contributed by atoms with Gasteiger partial charge in [-0.05, 0) is 113 Å². The van der Waals surface area contributed by atoms with Crippen LogP contribution in [0.25, 0.3) is 27.6 Å². The van der Waals surface area contributed by atoms with E-state index in [1.54, 1.807) is 0 Å². The molecule has 7 aromatic carbocycles. The van der Waals surface area contributed by atoms with Crippen LogP contribution in [0.3, 0.4) is 0 Å². The molecule has 298 valence electrons. The zero-order chi connectivity index (χ0) is 41.5. The Balaban J connectivity index is 0.902. The molecule has 6 heteroatoms. The smallest absolute Gasteiger partial charge is 0.137 e. The standard InChI is InChI=1S/C55H47N5O/c1-54(2,3)37-31-32-56-53(33-37)60-47-20-9-6-17-43(47)44-30-29-42(35-52(44)60)61-41-16-14-15-40(34-41)58-36-57(50-23-12-13-24-51(50)58)38-25-27-39(28-26-38)59-48-21-10-7-18-45(48)55(4,5)46-19-8-11-22-49(46)59/h6-35H,36H2,1-5H3. The summed E-state index contributed by atoms with van der Waals surface area (Å²) in [6.45, 7) is 12.0. The monoisotopic (exact) mass is 793 g/mol. The molecule has 11 rings (SSSR count). The SMILES string of the molecule is CC(C)(C)c1ccnc(-n2c3ccccc3c3ccc(Oc4cccc(N5CN(c6ccc(N7c8ccccc8C(C)(C)c8ccccc87)cc6)c6ccccc65)c4)cc32)c1. The Morgan fingerprint density at radius 3 is 1.80 bits per heavy atom. The number of benzene rings is 7. The quantitative estimate of drug-likeness (QED) is 0.168. The molecule has 0 bridgehead atoms. The highest BCUT2D eigenvalue weighted by Crippen LogP contribution is 2.52. The van der Waals surface area contributed by atoms with Crippen LogP contribution in [0.5, 0.6) is 11.5 Å². The Kier molecular flexibility index (Phi) is 8.36. The average Bonchev–Trinajstić information content (AvgIpc) is 3.83. The van der Waals surface area contributed by atoms with Gasteiger partial charge in [-0.3, -0.25) is 4.57 Å². The van der Waals surface area contributed by atoms with Crippen LogP contribution in [0.4, 0.5) is 39.8 Å². The highest BCUT2D eigenvalue weighted by atomic mass is 16.5.